The first-order chi connectivity index (χ1) is 16.6. The number of oxime groups is 1. The molecule has 0 spiro atoms. The number of nitriles is 1. The molecule has 1 saturated carbocycles. The van der Waals surface area contributed by atoms with Crippen molar-refractivity contribution in [2.75, 3.05) is 13.7 Å². The second-order valence-corrected chi connectivity index (χ2v) is 7.97. The van der Waals surface area contributed by atoms with E-state index in [2.05, 4.69) is 11.2 Å². The van der Waals surface area contributed by atoms with Crippen LogP contribution < -0.4 is 44.1 Å². The van der Waals surface area contributed by atoms with Crippen LogP contribution >= 0.6 is 0 Å². The maximum absolute atomic E-state index is 10.9. The van der Waals surface area contributed by atoms with E-state index in [1.54, 1.807) is 24.3 Å². The number of carboxylic acids is 1. The summed E-state index contributed by atoms with van der Waals surface area (Å²) in [4.78, 5) is 15.9. The predicted octanol–water partition coefficient (Wildman–Crippen LogP) is 0.424. The number of ether oxygens (including phenoxy) is 2. The Labute approximate surface area is 226 Å². The maximum Gasteiger partial charge on any atom is 1.00 e. The van der Waals surface area contributed by atoms with Crippen LogP contribution in [0.5, 0.6) is 11.5 Å². The van der Waals surface area contributed by atoms with Crippen LogP contribution in [0.4, 0.5) is 0 Å². The van der Waals surface area contributed by atoms with Crippen LogP contribution in [0.2, 0.25) is 0 Å². The number of aliphatic carboxylic acids is 1. The first-order valence-electron chi connectivity index (χ1n) is 10.8. The molecule has 0 radical (unpaired) electrons. The summed E-state index contributed by atoms with van der Waals surface area (Å²) in [6, 6.07) is 24.2. The summed E-state index contributed by atoms with van der Waals surface area (Å²) in [5.41, 5.74) is 3.98. The van der Waals surface area contributed by atoms with Gasteiger partial charge in [0, 0.05) is 17.5 Å². The van der Waals surface area contributed by atoms with E-state index in [0.29, 0.717) is 30.1 Å². The monoisotopic (exact) mass is 478 g/mol. The van der Waals surface area contributed by atoms with Crippen LogP contribution in [0.25, 0.3) is 0 Å². The quantitative estimate of drug-likeness (QED) is 0.238. The van der Waals surface area contributed by atoms with Gasteiger partial charge in [0.2, 0.25) is 0 Å². The fourth-order valence-corrected chi connectivity index (χ4v) is 3.65. The average Bonchev–Trinajstić information content (AvgIpc) is 3.68. The van der Waals surface area contributed by atoms with Gasteiger partial charge in [-0.1, -0.05) is 41.6 Å². The number of carbonyl (C=O) groups is 1. The van der Waals surface area contributed by atoms with E-state index in [4.69, 9.17) is 19.6 Å². The summed E-state index contributed by atoms with van der Waals surface area (Å²) in [5, 5.41) is 23.9. The molecule has 35 heavy (non-hydrogen) atoms. The van der Waals surface area contributed by atoms with E-state index in [9.17, 15) is 9.90 Å². The molecule has 172 valence electrons. The minimum atomic E-state index is -0.978. The number of carboxylic acid groups (broad SMARTS) is 1. The van der Waals surface area contributed by atoms with Crippen molar-refractivity contribution in [1.29, 1.82) is 5.26 Å². The zero-order chi connectivity index (χ0) is 23.9. The number of carbonyl (C=O) groups excluding carboxylic acids is 1. The van der Waals surface area contributed by atoms with Gasteiger partial charge >= 0.3 is 29.6 Å². The second-order valence-electron chi connectivity index (χ2n) is 7.97. The SMILES string of the molecule is CO/N=C(/COc1ccc(COc2ccc(C3CC3C(=O)[O-])cc2)cc1)c1ccc(C#N)cc1.[Na+]. The van der Waals surface area contributed by atoms with Gasteiger partial charge in [-0.25, -0.2) is 0 Å². The Morgan fingerprint density at radius 2 is 1.63 bits per heavy atom. The van der Waals surface area contributed by atoms with E-state index >= 15 is 0 Å². The van der Waals surface area contributed by atoms with E-state index in [-0.39, 0.29) is 48.0 Å². The molecule has 0 bridgehead atoms. The number of nitrogens with zero attached hydrogens (tertiary/aromatic N) is 2. The molecular weight excluding hydrogens is 455 g/mol. The van der Waals surface area contributed by atoms with Gasteiger partial charge < -0.3 is 24.2 Å². The fraction of sp³-hybridized carbons (Fsp3) is 0.222. The van der Waals surface area contributed by atoms with E-state index in [1.165, 1.54) is 7.11 Å². The first-order valence-corrected chi connectivity index (χ1v) is 10.8. The van der Waals surface area contributed by atoms with Crippen LogP contribution in [0, 0.1) is 17.2 Å². The minimum absolute atomic E-state index is 0. The third kappa shape index (κ3) is 7.09. The van der Waals surface area contributed by atoms with Crippen molar-refractivity contribution in [3.63, 3.8) is 0 Å². The molecule has 2 atom stereocenters. The molecule has 1 aliphatic carbocycles. The Morgan fingerprint density at radius 3 is 2.20 bits per heavy atom. The molecule has 1 fully saturated rings. The summed E-state index contributed by atoms with van der Waals surface area (Å²) < 4.78 is 11.7. The molecule has 0 N–H and O–H groups in total. The Morgan fingerprint density at radius 1 is 1.00 bits per heavy atom. The van der Waals surface area contributed by atoms with E-state index in [0.717, 1.165) is 22.4 Å². The third-order valence-electron chi connectivity index (χ3n) is 5.65. The summed E-state index contributed by atoms with van der Waals surface area (Å²) in [5.74, 6) is 0.107. The molecule has 1 aliphatic rings. The van der Waals surface area contributed by atoms with Crippen molar-refractivity contribution in [3.05, 3.63) is 95.1 Å². The number of benzene rings is 3. The van der Waals surface area contributed by atoms with Crippen LogP contribution in [0.3, 0.4) is 0 Å². The van der Waals surface area contributed by atoms with Crippen molar-refractivity contribution in [2.45, 2.75) is 18.9 Å². The van der Waals surface area contributed by atoms with E-state index < -0.39 is 5.97 Å². The van der Waals surface area contributed by atoms with Gasteiger partial charge in [0.25, 0.3) is 0 Å². The molecule has 0 heterocycles. The van der Waals surface area contributed by atoms with Crippen molar-refractivity contribution in [2.24, 2.45) is 11.1 Å². The van der Waals surface area contributed by atoms with Gasteiger partial charge in [-0.15, -0.1) is 0 Å². The average molecular weight is 478 g/mol. The Kier molecular flexibility index (Phi) is 9.32. The zero-order valence-corrected chi connectivity index (χ0v) is 21.6. The van der Waals surface area contributed by atoms with E-state index in [1.807, 2.05) is 48.5 Å². The number of rotatable bonds is 10. The Bertz CT molecular complexity index is 1200. The van der Waals surface area contributed by atoms with Gasteiger partial charge in [0.1, 0.15) is 37.5 Å². The summed E-state index contributed by atoms with van der Waals surface area (Å²) >= 11 is 0. The standard InChI is InChI=1S/C27H24N2O5.Na/c1-32-29-26(21-6-2-18(15-28)3-7-21)17-34-22-10-4-19(5-11-22)16-33-23-12-8-20(9-13-23)24-14-25(24)27(30)31;/h2-13,24-25H,14,16-17H2,1H3,(H,30,31);/q;+1/p-1/b29-26-;. The number of hydrogen-bond donors (Lipinski definition) is 0. The Balaban J connectivity index is 0.00000342. The molecule has 0 saturated heterocycles. The molecule has 7 nitrogen and oxygen atoms in total. The van der Waals surface area contributed by atoms with Gasteiger partial charge in [-0.2, -0.15) is 5.26 Å². The third-order valence-corrected chi connectivity index (χ3v) is 5.65. The topological polar surface area (TPSA) is 104 Å². The van der Waals surface area contributed by atoms with Crippen molar-refractivity contribution >= 4 is 11.7 Å². The molecule has 8 heteroatoms. The predicted molar refractivity (Wildman–Crippen MR) is 123 cm³/mol. The smallest absolute Gasteiger partial charge is 0.550 e. The largest absolute Gasteiger partial charge is 1.00 e. The molecule has 0 aromatic heterocycles. The van der Waals surface area contributed by atoms with Gasteiger partial charge in [-0.05, 0) is 59.9 Å². The van der Waals surface area contributed by atoms with Crippen molar-refractivity contribution in [1.82, 2.24) is 0 Å². The summed E-state index contributed by atoms with van der Waals surface area (Å²) in [6.07, 6.45) is 0.642. The fourth-order valence-electron chi connectivity index (χ4n) is 3.65. The molecule has 2 unspecified atom stereocenters. The number of hydrogen-bond acceptors (Lipinski definition) is 7. The van der Waals surface area contributed by atoms with Crippen LogP contribution in [-0.4, -0.2) is 25.4 Å². The molecule has 0 aliphatic heterocycles. The van der Waals surface area contributed by atoms with Crippen LogP contribution in [-0.2, 0) is 16.2 Å². The van der Waals surface area contributed by atoms with Gasteiger partial charge in [0.15, 0.2) is 0 Å². The van der Waals surface area contributed by atoms with Gasteiger partial charge in [0.05, 0.1) is 11.6 Å². The molecule has 3 aromatic rings. The van der Waals surface area contributed by atoms with Gasteiger partial charge in [-0.3, -0.25) is 0 Å². The molecular formula is C27H23N2NaO5. The summed E-state index contributed by atoms with van der Waals surface area (Å²) in [6.45, 7) is 0.605. The minimum Gasteiger partial charge on any atom is -0.550 e. The molecule has 3 aromatic carbocycles. The Hall–Kier alpha value is -3.31. The van der Waals surface area contributed by atoms with Crippen LogP contribution in [0.15, 0.2) is 78.0 Å². The van der Waals surface area contributed by atoms with Crippen molar-refractivity contribution < 1.29 is 53.8 Å². The zero-order valence-electron chi connectivity index (χ0n) is 19.6. The summed E-state index contributed by atoms with van der Waals surface area (Å²) in [7, 11) is 1.47. The van der Waals surface area contributed by atoms with Crippen LogP contribution in [0.1, 0.15) is 34.6 Å². The molecule has 4 rings (SSSR count). The molecule has 0 amide bonds. The maximum atomic E-state index is 10.9. The first kappa shape index (κ1) is 26.3. The normalized spacial score (nSPS) is 16.4. The second kappa shape index (κ2) is 12.4. The van der Waals surface area contributed by atoms with Crippen molar-refractivity contribution in [3.8, 4) is 17.6 Å².